The number of aromatic nitrogens is 2. The Hall–Kier alpha value is -9.43. The van der Waals surface area contributed by atoms with E-state index < -0.39 is 11.7 Å². The van der Waals surface area contributed by atoms with Crippen LogP contribution in [0.2, 0.25) is 0 Å². The molecule has 10 aromatic carbocycles. The first kappa shape index (κ1) is 53.2. The van der Waals surface area contributed by atoms with Crippen molar-refractivity contribution in [2.45, 2.75) is 89.3 Å². The zero-order valence-corrected chi connectivity index (χ0v) is 48.4. The van der Waals surface area contributed by atoms with Crippen LogP contribution in [0.1, 0.15) is 83.5 Å². The molecule has 4 nitrogen and oxygen atoms in total. The van der Waals surface area contributed by atoms with Crippen molar-refractivity contribution in [3.63, 3.8) is 0 Å². The van der Waals surface area contributed by atoms with E-state index in [-0.39, 0.29) is 22.3 Å². The van der Waals surface area contributed by atoms with E-state index in [2.05, 4.69) is 226 Å². The summed E-state index contributed by atoms with van der Waals surface area (Å²) in [7, 11) is 0. The third-order valence-corrected chi connectivity index (χ3v) is 16.9. The molecule has 12 rings (SSSR count). The summed E-state index contributed by atoms with van der Waals surface area (Å²) in [6.07, 6.45) is -4.87. The summed E-state index contributed by atoms with van der Waals surface area (Å²) in [5.41, 5.74) is 25.0. The van der Waals surface area contributed by atoms with Gasteiger partial charge in [-0.25, -0.2) is 0 Å². The molecular weight excluding hydrogens is 1010 g/mol. The Morgan fingerprint density at radius 2 is 0.622 bits per heavy atom. The fourth-order valence-corrected chi connectivity index (χ4v) is 14.1. The molecule has 0 saturated heterocycles. The molecule has 0 amide bonds. The van der Waals surface area contributed by atoms with Crippen molar-refractivity contribution in [2.75, 3.05) is 0 Å². The molecule has 402 valence electrons. The van der Waals surface area contributed by atoms with E-state index in [0.29, 0.717) is 11.4 Å². The van der Waals surface area contributed by atoms with Gasteiger partial charge < -0.3 is 9.13 Å². The standard InChI is InChI=1S/C75H61F3N4/c1-40-24-44(5)70(45(6)25-40)52-16-20-58-59-21-17-53(71-46(7)26-41(2)27-47(71)8)33-65(59)81(64(58)32-52)68-36-57(39-80)62(74-56(38-79)14-13-15-63(74)75(76,77)78)37-69(68)82-66-34-54(72-48(9)28-42(3)29-49(72)10)18-22-60(66)61-23-19-55(35-67(61)82)73-50(11)30-43(4)31-51(73)12/h13-37H,1-12H3. The van der Waals surface area contributed by atoms with Crippen LogP contribution < -0.4 is 0 Å². The van der Waals surface area contributed by atoms with Gasteiger partial charge in [0.2, 0.25) is 0 Å². The van der Waals surface area contributed by atoms with Crippen LogP contribution in [-0.4, -0.2) is 9.13 Å². The van der Waals surface area contributed by atoms with Crippen LogP contribution >= 0.6 is 0 Å². The fraction of sp³-hybridized carbons (Fsp3) is 0.173. The summed E-state index contributed by atoms with van der Waals surface area (Å²) < 4.78 is 51.3. The zero-order valence-electron chi connectivity index (χ0n) is 48.4. The van der Waals surface area contributed by atoms with Gasteiger partial charge in [0.15, 0.2) is 0 Å². The second-order valence-corrected chi connectivity index (χ2v) is 23.0. The van der Waals surface area contributed by atoms with Crippen molar-refractivity contribution >= 4 is 43.6 Å². The van der Waals surface area contributed by atoms with Crippen molar-refractivity contribution < 1.29 is 13.2 Å². The predicted molar refractivity (Wildman–Crippen MR) is 334 cm³/mol. The average molecular weight is 1080 g/mol. The summed E-state index contributed by atoms with van der Waals surface area (Å²) in [6, 6.07) is 55.5. The number of hydrogen-bond acceptors (Lipinski definition) is 2. The highest BCUT2D eigenvalue weighted by atomic mass is 19.4. The summed E-state index contributed by atoms with van der Waals surface area (Å²) in [6.45, 7) is 25.5. The zero-order chi connectivity index (χ0) is 58.0. The van der Waals surface area contributed by atoms with Crippen molar-refractivity contribution in [1.82, 2.24) is 9.13 Å². The average Bonchev–Trinajstić information content (AvgIpc) is 2.78. The van der Waals surface area contributed by atoms with E-state index in [0.717, 1.165) is 150 Å². The molecule has 0 aliphatic rings. The highest BCUT2D eigenvalue weighted by molar-refractivity contribution is 6.14. The van der Waals surface area contributed by atoms with Gasteiger partial charge in [-0.1, -0.05) is 125 Å². The molecule has 0 aliphatic carbocycles. The molecule has 0 aliphatic heterocycles. The van der Waals surface area contributed by atoms with Crippen LogP contribution in [0.25, 0.3) is 111 Å². The molecular formula is C75H61F3N4. The van der Waals surface area contributed by atoms with Crippen molar-refractivity contribution in [3.05, 3.63) is 235 Å². The van der Waals surface area contributed by atoms with Crippen LogP contribution in [0.5, 0.6) is 0 Å². The van der Waals surface area contributed by atoms with Gasteiger partial charge in [-0.3, -0.25) is 0 Å². The first-order valence-corrected chi connectivity index (χ1v) is 27.8. The normalized spacial score (nSPS) is 11.8. The Morgan fingerprint density at radius 1 is 0.329 bits per heavy atom. The van der Waals surface area contributed by atoms with Crippen LogP contribution in [-0.2, 0) is 6.18 Å². The summed E-state index contributed by atoms with van der Waals surface area (Å²) in [4.78, 5) is 0. The number of alkyl halides is 3. The summed E-state index contributed by atoms with van der Waals surface area (Å²) in [5, 5.41) is 26.1. The Morgan fingerprint density at radius 3 is 0.902 bits per heavy atom. The maximum Gasteiger partial charge on any atom is 0.417 e. The van der Waals surface area contributed by atoms with Gasteiger partial charge in [0.05, 0.1) is 62.3 Å². The van der Waals surface area contributed by atoms with E-state index in [1.807, 2.05) is 0 Å². The fourth-order valence-electron chi connectivity index (χ4n) is 14.1. The molecule has 0 radical (unpaired) electrons. The van der Waals surface area contributed by atoms with Crippen LogP contribution in [0.15, 0.2) is 152 Å². The molecule has 82 heavy (non-hydrogen) atoms. The quantitative estimate of drug-likeness (QED) is 0.160. The first-order valence-electron chi connectivity index (χ1n) is 27.8. The minimum atomic E-state index is -4.87. The lowest BCUT2D eigenvalue weighted by Gasteiger charge is -2.22. The number of benzene rings is 10. The highest BCUT2D eigenvalue weighted by Crippen LogP contribution is 2.48. The van der Waals surface area contributed by atoms with Gasteiger partial charge in [-0.2, -0.15) is 23.7 Å². The molecule has 2 aromatic heterocycles. The predicted octanol–water partition coefficient (Wildman–Crippen LogP) is 20.7. The third-order valence-electron chi connectivity index (χ3n) is 16.9. The number of rotatable bonds is 7. The number of fused-ring (bicyclic) bond motifs is 6. The molecule has 0 unspecified atom stereocenters. The maximum absolute atomic E-state index is 15.6. The topological polar surface area (TPSA) is 57.4 Å². The minimum Gasteiger partial charge on any atom is -0.307 e. The number of aryl methyl sites for hydroxylation is 12. The van der Waals surface area contributed by atoms with Gasteiger partial charge >= 0.3 is 6.18 Å². The van der Waals surface area contributed by atoms with Gasteiger partial charge in [-0.15, -0.1) is 0 Å². The van der Waals surface area contributed by atoms with Crippen molar-refractivity contribution in [1.29, 1.82) is 10.5 Å². The largest absolute Gasteiger partial charge is 0.417 e. The van der Waals surface area contributed by atoms with Gasteiger partial charge in [0.25, 0.3) is 0 Å². The lowest BCUT2D eigenvalue weighted by molar-refractivity contribution is -0.137. The molecule has 0 spiro atoms. The second kappa shape index (κ2) is 19.7. The lowest BCUT2D eigenvalue weighted by atomic mass is 9.90. The van der Waals surface area contributed by atoms with E-state index in [1.165, 1.54) is 23.3 Å². The van der Waals surface area contributed by atoms with E-state index in [4.69, 9.17) is 0 Å². The highest BCUT2D eigenvalue weighted by Gasteiger charge is 2.36. The van der Waals surface area contributed by atoms with E-state index in [9.17, 15) is 10.5 Å². The molecule has 0 bridgehead atoms. The molecule has 0 fully saturated rings. The molecule has 0 N–H and O–H groups in total. The van der Waals surface area contributed by atoms with Gasteiger partial charge in [0.1, 0.15) is 0 Å². The molecule has 0 saturated carbocycles. The van der Waals surface area contributed by atoms with Crippen LogP contribution in [0.3, 0.4) is 0 Å². The second-order valence-electron chi connectivity index (χ2n) is 23.0. The molecule has 12 aromatic rings. The minimum absolute atomic E-state index is 0.00226. The number of hydrogen-bond donors (Lipinski definition) is 0. The monoisotopic (exact) mass is 1070 g/mol. The Kier molecular flexibility index (Phi) is 12.8. The lowest BCUT2D eigenvalue weighted by Crippen LogP contribution is -2.10. The molecule has 2 heterocycles. The summed E-state index contributed by atoms with van der Waals surface area (Å²) in [5.74, 6) is 0. The maximum atomic E-state index is 15.6. The van der Waals surface area contributed by atoms with E-state index in [1.54, 1.807) is 12.1 Å². The Bertz CT molecular complexity index is 4510. The number of nitrogens with zero attached hydrogens (tertiary/aromatic N) is 4. The smallest absolute Gasteiger partial charge is 0.307 e. The first-order chi connectivity index (χ1) is 39.1. The number of nitriles is 2. The Labute approximate surface area is 477 Å². The SMILES string of the molecule is Cc1cc(C)c(-c2ccc3c4ccc(-c5c(C)cc(C)cc5C)cc4n(-c4cc(C#N)c(-c5c(C#N)cccc5C(F)(F)F)cc4-n4c5cc(-c6c(C)cc(C)cc6C)ccc5c5ccc(-c6c(C)cc(C)cc6C)cc54)c3c2)c(C)c1. The van der Waals surface area contributed by atoms with Crippen molar-refractivity contribution in [3.8, 4) is 79.1 Å². The van der Waals surface area contributed by atoms with Crippen LogP contribution in [0.4, 0.5) is 13.2 Å². The third kappa shape index (κ3) is 8.66. The molecule has 7 heteroatoms. The Balaban J connectivity index is 1.32. The van der Waals surface area contributed by atoms with Crippen LogP contribution in [0, 0.1) is 106 Å². The van der Waals surface area contributed by atoms with E-state index >= 15 is 13.2 Å². The number of halogens is 3. The molecule has 0 atom stereocenters. The van der Waals surface area contributed by atoms with Crippen molar-refractivity contribution in [2.24, 2.45) is 0 Å². The van der Waals surface area contributed by atoms with Gasteiger partial charge in [-0.05, 0) is 221 Å². The summed E-state index contributed by atoms with van der Waals surface area (Å²) >= 11 is 0. The van der Waals surface area contributed by atoms with Gasteiger partial charge in [0, 0.05) is 32.7 Å².